The van der Waals surface area contributed by atoms with Crippen molar-refractivity contribution in [3.05, 3.63) is 52.5 Å². The number of aromatic nitrogens is 1. The lowest BCUT2D eigenvalue weighted by molar-refractivity contribution is 0.489. The third-order valence-corrected chi connectivity index (χ3v) is 4.80. The lowest BCUT2D eigenvalue weighted by Gasteiger charge is -2.08. The van der Waals surface area contributed by atoms with E-state index in [0.717, 1.165) is 26.0 Å². The summed E-state index contributed by atoms with van der Waals surface area (Å²) in [6.07, 6.45) is 0. The van der Waals surface area contributed by atoms with Gasteiger partial charge in [-0.25, -0.2) is 4.98 Å². The van der Waals surface area contributed by atoms with Gasteiger partial charge in [-0.1, -0.05) is 18.2 Å². The van der Waals surface area contributed by atoms with Crippen LogP contribution in [0.2, 0.25) is 0 Å². The van der Waals surface area contributed by atoms with E-state index in [4.69, 9.17) is 10.2 Å². The van der Waals surface area contributed by atoms with Crippen LogP contribution >= 0.6 is 27.7 Å². The van der Waals surface area contributed by atoms with Crippen LogP contribution in [0.15, 0.2) is 61.5 Å². The molecule has 0 unspecified atom stereocenters. The van der Waals surface area contributed by atoms with Crippen LogP contribution in [-0.2, 0) is 0 Å². The summed E-state index contributed by atoms with van der Waals surface area (Å²) < 4.78 is 6.71. The topological polar surface area (TPSA) is 52.0 Å². The van der Waals surface area contributed by atoms with Gasteiger partial charge in [0.1, 0.15) is 5.52 Å². The van der Waals surface area contributed by atoms with Gasteiger partial charge in [-0.2, -0.15) is 0 Å². The van der Waals surface area contributed by atoms with Gasteiger partial charge in [-0.05, 0) is 64.4 Å². The van der Waals surface area contributed by atoms with Crippen LogP contribution in [0.3, 0.4) is 0 Å². The molecule has 0 aliphatic rings. The summed E-state index contributed by atoms with van der Waals surface area (Å²) in [5.41, 5.74) is 8.65. The molecule has 1 aromatic heterocycles. The summed E-state index contributed by atoms with van der Waals surface area (Å²) in [6, 6.07) is 13.9. The summed E-state index contributed by atoms with van der Waals surface area (Å²) in [5.74, 6) is 0. The fourth-order valence-corrected chi connectivity index (χ4v) is 3.27. The van der Waals surface area contributed by atoms with Gasteiger partial charge in [0.25, 0.3) is 5.22 Å². The van der Waals surface area contributed by atoms with E-state index in [1.165, 1.54) is 11.8 Å². The molecule has 5 heteroatoms. The number of hydrogen-bond acceptors (Lipinski definition) is 4. The largest absolute Gasteiger partial charge is 0.431 e. The van der Waals surface area contributed by atoms with Gasteiger partial charge in [0.2, 0.25) is 0 Å². The van der Waals surface area contributed by atoms with Crippen LogP contribution in [0, 0.1) is 0 Å². The van der Waals surface area contributed by atoms with E-state index in [2.05, 4.69) is 20.9 Å². The standard InChI is InChI=1S/C15H13BrN2OS/c1-9(17)10-6-7-14(11(16)8-10)20-15-18-12-4-2-3-5-13(12)19-15/h2-9H,17H2,1H3/t9-/m1/s1. The Labute approximate surface area is 129 Å². The zero-order chi connectivity index (χ0) is 14.1. The number of halogens is 1. The molecule has 20 heavy (non-hydrogen) atoms. The SMILES string of the molecule is C[C@@H](N)c1ccc(Sc2nc3ccccc3o2)c(Br)c1. The van der Waals surface area contributed by atoms with Crippen molar-refractivity contribution in [1.29, 1.82) is 0 Å². The molecule has 0 saturated carbocycles. The highest BCUT2D eigenvalue weighted by Gasteiger charge is 2.10. The first-order valence-corrected chi connectivity index (χ1v) is 7.83. The van der Waals surface area contributed by atoms with Crippen LogP contribution in [0.5, 0.6) is 0 Å². The molecule has 2 aromatic carbocycles. The average Bonchev–Trinajstić information content (AvgIpc) is 2.83. The maximum absolute atomic E-state index is 5.88. The zero-order valence-corrected chi connectivity index (χ0v) is 13.2. The van der Waals surface area contributed by atoms with Crippen LogP contribution in [0.1, 0.15) is 18.5 Å². The normalized spacial score (nSPS) is 12.8. The molecule has 3 rings (SSSR count). The Morgan fingerprint density at radius 2 is 2.05 bits per heavy atom. The van der Waals surface area contributed by atoms with Crippen molar-refractivity contribution in [1.82, 2.24) is 4.98 Å². The fraction of sp³-hybridized carbons (Fsp3) is 0.133. The molecular formula is C15H13BrN2OS. The van der Waals surface area contributed by atoms with E-state index >= 15 is 0 Å². The number of fused-ring (bicyclic) bond motifs is 1. The van der Waals surface area contributed by atoms with Gasteiger partial charge in [0, 0.05) is 15.4 Å². The Morgan fingerprint density at radius 3 is 2.75 bits per heavy atom. The third kappa shape index (κ3) is 2.75. The van der Waals surface area contributed by atoms with E-state index in [9.17, 15) is 0 Å². The molecule has 0 aliphatic heterocycles. The highest BCUT2D eigenvalue weighted by atomic mass is 79.9. The lowest BCUT2D eigenvalue weighted by Crippen LogP contribution is -2.04. The maximum Gasteiger partial charge on any atom is 0.261 e. The second-order valence-corrected chi connectivity index (χ2v) is 6.38. The van der Waals surface area contributed by atoms with Crippen LogP contribution in [-0.4, -0.2) is 4.98 Å². The summed E-state index contributed by atoms with van der Waals surface area (Å²) in [6.45, 7) is 1.97. The van der Waals surface area contributed by atoms with Crippen molar-refractivity contribution >= 4 is 38.8 Å². The van der Waals surface area contributed by atoms with Crippen molar-refractivity contribution in [2.45, 2.75) is 23.1 Å². The first kappa shape index (κ1) is 13.7. The summed E-state index contributed by atoms with van der Waals surface area (Å²) in [5, 5.41) is 0.639. The predicted molar refractivity (Wildman–Crippen MR) is 84.9 cm³/mol. The summed E-state index contributed by atoms with van der Waals surface area (Å²) in [4.78, 5) is 5.51. The zero-order valence-electron chi connectivity index (χ0n) is 10.8. The van der Waals surface area contributed by atoms with Crippen LogP contribution in [0.4, 0.5) is 0 Å². The number of benzene rings is 2. The quantitative estimate of drug-likeness (QED) is 0.741. The van der Waals surface area contributed by atoms with Crippen LogP contribution < -0.4 is 5.73 Å². The number of oxazole rings is 1. The minimum atomic E-state index is 0.0228. The first-order chi connectivity index (χ1) is 9.63. The number of nitrogens with zero attached hydrogens (tertiary/aromatic N) is 1. The molecule has 2 N–H and O–H groups in total. The highest BCUT2D eigenvalue weighted by Crippen LogP contribution is 2.35. The molecule has 0 radical (unpaired) electrons. The number of para-hydroxylation sites is 2. The lowest BCUT2D eigenvalue weighted by atomic mass is 10.1. The molecule has 0 aliphatic carbocycles. The van der Waals surface area contributed by atoms with E-state index in [1.807, 2.05) is 49.4 Å². The summed E-state index contributed by atoms with van der Waals surface area (Å²) >= 11 is 5.07. The molecule has 0 spiro atoms. The van der Waals surface area contributed by atoms with E-state index in [-0.39, 0.29) is 6.04 Å². The van der Waals surface area contributed by atoms with Crippen molar-refractivity contribution in [2.75, 3.05) is 0 Å². The summed E-state index contributed by atoms with van der Waals surface area (Å²) in [7, 11) is 0. The maximum atomic E-state index is 5.88. The highest BCUT2D eigenvalue weighted by molar-refractivity contribution is 9.10. The molecule has 0 amide bonds. The van der Waals surface area contributed by atoms with Crippen molar-refractivity contribution in [2.24, 2.45) is 5.73 Å². The Hall–Kier alpha value is -1.30. The smallest absolute Gasteiger partial charge is 0.261 e. The first-order valence-electron chi connectivity index (χ1n) is 6.22. The third-order valence-electron chi connectivity index (χ3n) is 2.95. The monoisotopic (exact) mass is 348 g/mol. The van der Waals surface area contributed by atoms with Crippen LogP contribution in [0.25, 0.3) is 11.1 Å². The molecular weight excluding hydrogens is 336 g/mol. The molecule has 102 valence electrons. The van der Waals surface area contributed by atoms with E-state index in [1.54, 1.807) is 0 Å². The number of rotatable bonds is 3. The van der Waals surface area contributed by atoms with Crippen molar-refractivity contribution in [3.8, 4) is 0 Å². The number of hydrogen-bond donors (Lipinski definition) is 1. The predicted octanol–water partition coefficient (Wildman–Crippen LogP) is 4.76. The molecule has 1 atom stereocenters. The average molecular weight is 349 g/mol. The van der Waals surface area contributed by atoms with E-state index < -0.39 is 0 Å². The molecule has 0 fully saturated rings. The molecule has 1 heterocycles. The molecule has 3 aromatic rings. The van der Waals surface area contributed by atoms with Gasteiger partial charge < -0.3 is 10.2 Å². The second kappa shape index (κ2) is 5.60. The number of nitrogens with two attached hydrogens (primary N) is 1. The van der Waals surface area contributed by atoms with Gasteiger partial charge in [-0.15, -0.1) is 0 Å². The minimum absolute atomic E-state index is 0.0228. The molecule has 0 bridgehead atoms. The van der Waals surface area contributed by atoms with Gasteiger partial charge in [0.15, 0.2) is 5.58 Å². The van der Waals surface area contributed by atoms with E-state index in [0.29, 0.717) is 5.22 Å². The molecule has 3 nitrogen and oxygen atoms in total. The molecule has 0 saturated heterocycles. The Morgan fingerprint density at radius 1 is 1.25 bits per heavy atom. The Bertz CT molecular complexity index is 721. The van der Waals surface area contributed by atoms with Crippen molar-refractivity contribution < 1.29 is 4.42 Å². The Balaban J connectivity index is 1.90. The second-order valence-electron chi connectivity index (χ2n) is 4.53. The fourth-order valence-electron chi connectivity index (χ4n) is 1.87. The minimum Gasteiger partial charge on any atom is -0.431 e. The Kier molecular flexibility index (Phi) is 3.83. The van der Waals surface area contributed by atoms with Gasteiger partial charge >= 0.3 is 0 Å². The van der Waals surface area contributed by atoms with Crippen molar-refractivity contribution in [3.63, 3.8) is 0 Å². The van der Waals surface area contributed by atoms with Gasteiger partial charge in [0.05, 0.1) is 0 Å². The van der Waals surface area contributed by atoms with Gasteiger partial charge in [-0.3, -0.25) is 0 Å².